The Bertz CT molecular complexity index is 631. The first-order valence-corrected chi connectivity index (χ1v) is 10.8. The molecule has 2 N–H and O–H groups in total. The number of nitrogens with one attached hydrogen (secondary N) is 2. The van der Waals surface area contributed by atoms with E-state index in [1.54, 1.807) is 6.26 Å². The lowest BCUT2D eigenvalue weighted by atomic mass is 10.2. The predicted octanol–water partition coefficient (Wildman–Crippen LogP) is 1.85. The van der Waals surface area contributed by atoms with E-state index in [0.29, 0.717) is 12.5 Å². The molecule has 28 heavy (non-hydrogen) atoms. The molecule has 0 aliphatic carbocycles. The summed E-state index contributed by atoms with van der Waals surface area (Å²) >= 11 is 0. The van der Waals surface area contributed by atoms with Gasteiger partial charge in [0.1, 0.15) is 5.76 Å². The van der Waals surface area contributed by atoms with Crippen LogP contribution in [-0.4, -0.2) is 73.0 Å². The number of guanidine groups is 1. The standard InChI is InChI=1S/C21H35N5O2/c1-3-20(27)26-13-10-17(16-26)24-21(22-11-9-19-8-6-14-28-19)23-15-18-7-5-12-25(18)4-2/h6,8,14,17-18H,3-5,7,9-13,15-16H2,1-2H3,(H2,22,23,24). The molecule has 1 aromatic heterocycles. The lowest BCUT2D eigenvalue weighted by Crippen LogP contribution is -2.46. The minimum atomic E-state index is 0.234. The van der Waals surface area contributed by atoms with Crippen LogP contribution in [0.3, 0.4) is 0 Å². The van der Waals surface area contributed by atoms with Crippen molar-refractivity contribution in [3.63, 3.8) is 0 Å². The van der Waals surface area contributed by atoms with Crippen molar-refractivity contribution in [1.29, 1.82) is 0 Å². The van der Waals surface area contributed by atoms with Crippen molar-refractivity contribution in [3.05, 3.63) is 24.2 Å². The highest BCUT2D eigenvalue weighted by molar-refractivity contribution is 5.80. The summed E-state index contributed by atoms with van der Waals surface area (Å²) in [6, 6.07) is 4.71. The number of carbonyl (C=O) groups is 1. The van der Waals surface area contributed by atoms with Gasteiger partial charge in [-0.2, -0.15) is 0 Å². The normalized spacial score (nSPS) is 23.4. The van der Waals surface area contributed by atoms with Crippen LogP contribution in [0.4, 0.5) is 0 Å². The molecule has 0 saturated carbocycles. The summed E-state index contributed by atoms with van der Waals surface area (Å²) < 4.78 is 5.42. The topological polar surface area (TPSA) is 73.1 Å². The molecule has 2 aliphatic heterocycles. The number of hydrogen-bond acceptors (Lipinski definition) is 4. The molecule has 0 radical (unpaired) electrons. The van der Waals surface area contributed by atoms with Crippen molar-refractivity contribution in [1.82, 2.24) is 20.4 Å². The minimum absolute atomic E-state index is 0.234. The zero-order valence-electron chi connectivity index (χ0n) is 17.3. The van der Waals surface area contributed by atoms with Gasteiger partial charge in [0.25, 0.3) is 0 Å². The van der Waals surface area contributed by atoms with E-state index in [2.05, 4.69) is 22.5 Å². The second-order valence-corrected chi connectivity index (χ2v) is 7.69. The van der Waals surface area contributed by atoms with E-state index in [1.165, 1.54) is 19.4 Å². The van der Waals surface area contributed by atoms with E-state index >= 15 is 0 Å². The molecule has 3 heterocycles. The molecule has 1 amide bonds. The molecular weight excluding hydrogens is 354 g/mol. The summed E-state index contributed by atoms with van der Waals surface area (Å²) in [5, 5.41) is 7.01. The first-order valence-electron chi connectivity index (χ1n) is 10.8. The molecule has 0 spiro atoms. The first kappa shape index (κ1) is 20.7. The molecule has 0 bridgehead atoms. The maximum absolute atomic E-state index is 12.0. The lowest BCUT2D eigenvalue weighted by Gasteiger charge is -2.23. The molecule has 2 saturated heterocycles. The largest absolute Gasteiger partial charge is 0.469 e. The molecule has 2 unspecified atom stereocenters. The van der Waals surface area contributed by atoms with Gasteiger partial charge in [-0.1, -0.05) is 13.8 Å². The van der Waals surface area contributed by atoms with Crippen molar-refractivity contribution >= 4 is 11.9 Å². The van der Waals surface area contributed by atoms with E-state index < -0.39 is 0 Å². The average Bonchev–Trinajstić information content (AvgIpc) is 3.46. The van der Waals surface area contributed by atoms with Crippen LogP contribution in [0.5, 0.6) is 0 Å². The summed E-state index contributed by atoms with van der Waals surface area (Å²) in [6.07, 6.45) is 6.56. The van der Waals surface area contributed by atoms with Gasteiger partial charge in [-0.3, -0.25) is 14.7 Å². The van der Waals surface area contributed by atoms with Crippen molar-refractivity contribution in [3.8, 4) is 0 Å². The average molecular weight is 390 g/mol. The Balaban J connectivity index is 1.55. The van der Waals surface area contributed by atoms with Gasteiger partial charge in [0, 0.05) is 44.6 Å². The number of carbonyl (C=O) groups excluding carboxylic acids is 1. The van der Waals surface area contributed by atoms with Gasteiger partial charge < -0.3 is 20.0 Å². The second-order valence-electron chi connectivity index (χ2n) is 7.69. The third-order valence-electron chi connectivity index (χ3n) is 5.79. The summed E-state index contributed by atoms with van der Waals surface area (Å²) in [7, 11) is 0. The number of furan rings is 1. The number of nitrogens with zero attached hydrogens (tertiary/aromatic N) is 3. The van der Waals surface area contributed by atoms with Crippen LogP contribution in [0.25, 0.3) is 0 Å². The Kier molecular flexibility index (Phi) is 7.77. The summed E-state index contributed by atoms with van der Waals surface area (Å²) in [5.41, 5.74) is 0. The Hall–Kier alpha value is -2.02. The summed E-state index contributed by atoms with van der Waals surface area (Å²) in [5.74, 6) is 2.06. The number of amides is 1. The third kappa shape index (κ3) is 5.74. The van der Waals surface area contributed by atoms with Crippen molar-refractivity contribution in [2.75, 3.05) is 39.3 Å². The van der Waals surface area contributed by atoms with Crippen LogP contribution in [-0.2, 0) is 11.2 Å². The van der Waals surface area contributed by atoms with Crippen LogP contribution in [0.1, 0.15) is 45.3 Å². The fraction of sp³-hybridized carbons (Fsp3) is 0.714. The highest BCUT2D eigenvalue weighted by atomic mass is 16.3. The number of hydrogen-bond donors (Lipinski definition) is 2. The van der Waals surface area contributed by atoms with Gasteiger partial charge in [0.15, 0.2) is 5.96 Å². The summed E-state index contributed by atoms with van der Waals surface area (Å²) in [6.45, 7) is 9.59. The van der Waals surface area contributed by atoms with Crippen molar-refractivity contribution < 1.29 is 9.21 Å². The van der Waals surface area contributed by atoms with Crippen LogP contribution in [0.15, 0.2) is 27.8 Å². The SMILES string of the molecule is CCC(=O)N1CCC(NC(=NCC2CCCN2CC)NCCc2ccco2)C1. The van der Waals surface area contributed by atoms with Gasteiger partial charge in [0.05, 0.1) is 12.8 Å². The molecule has 0 aromatic carbocycles. The van der Waals surface area contributed by atoms with Crippen LogP contribution < -0.4 is 10.6 Å². The predicted molar refractivity (Wildman–Crippen MR) is 111 cm³/mol. The third-order valence-corrected chi connectivity index (χ3v) is 5.79. The van der Waals surface area contributed by atoms with E-state index in [0.717, 1.165) is 57.3 Å². The second kappa shape index (κ2) is 10.5. The molecule has 156 valence electrons. The molecular formula is C21H35N5O2. The molecule has 3 rings (SSSR count). The Morgan fingerprint density at radius 1 is 1.32 bits per heavy atom. The number of aliphatic imine (C=N–C) groups is 1. The number of likely N-dealkylation sites (N-methyl/N-ethyl adjacent to an activating group) is 1. The molecule has 7 nitrogen and oxygen atoms in total. The molecule has 2 aliphatic rings. The first-order chi connectivity index (χ1) is 13.7. The molecule has 2 fully saturated rings. The van der Waals surface area contributed by atoms with Crippen LogP contribution in [0, 0.1) is 0 Å². The highest BCUT2D eigenvalue weighted by Gasteiger charge is 2.26. The number of likely N-dealkylation sites (tertiary alicyclic amines) is 2. The molecule has 2 atom stereocenters. The smallest absolute Gasteiger partial charge is 0.222 e. The van der Waals surface area contributed by atoms with Gasteiger partial charge in [-0.15, -0.1) is 0 Å². The minimum Gasteiger partial charge on any atom is -0.469 e. The fourth-order valence-corrected chi connectivity index (χ4v) is 4.15. The summed E-state index contributed by atoms with van der Waals surface area (Å²) in [4.78, 5) is 21.3. The van der Waals surface area contributed by atoms with E-state index in [-0.39, 0.29) is 11.9 Å². The van der Waals surface area contributed by atoms with Gasteiger partial charge in [-0.05, 0) is 44.5 Å². The quantitative estimate of drug-likeness (QED) is 0.524. The number of rotatable bonds is 8. The van der Waals surface area contributed by atoms with E-state index in [4.69, 9.17) is 9.41 Å². The van der Waals surface area contributed by atoms with Crippen molar-refractivity contribution in [2.45, 2.75) is 58.0 Å². The maximum atomic E-state index is 12.0. The monoisotopic (exact) mass is 389 g/mol. The molecule has 7 heteroatoms. The van der Waals surface area contributed by atoms with Gasteiger partial charge in [-0.25, -0.2) is 0 Å². The lowest BCUT2D eigenvalue weighted by molar-refractivity contribution is -0.129. The van der Waals surface area contributed by atoms with E-state index in [1.807, 2.05) is 24.0 Å². The van der Waals surface area contributed by atoms with Crippen LogP contribution >= 0.6 is 0 Å². The zero-order chi connectivity index (χ0) is 19.8. The van der Waals surface area contributed by atoms with Gasteiger partial charge >= 0.3 is 0 Å². The maximum Gasteiger partial charge on any atom is 0.222 e. The zero-order valence-corrected chi connectivity index (χ0v) is 17.3. The Morgan fingerprint density at radius 2 is 2.21 bits per heavy atom. The van der Waals surface area contributed by atoms with Crippen LogP contribution in [0.2, 0.25) is 0 Å². The Morgan fingerprint density at radius 3 is 2.96 bits per heavy atom. The van der Waals surface area contributed by atoms with Gasteiger partial charge in [0.2, 0.25) is 5.91 Å². The van der Waals surface area contributed by atoms with E-state index in [9.17, 15) is 4.79 Å². The Labute approximate surface area is 168 Å². The highest BCUT2D eigenvalue weighted by Crippen LogP contribution is 2.16. The van der Waals surface area contributed by atoms with Crippen molar-refractivity contribution in [2.24, 2.45) is 4.99 Å². The fourth-order valence-electron chi connectivity index (χ4n) is 4.15. The molecule has 1 aromatic rings.